The van der Waals surface area contributed by atoms with Crippen molar-refractivity contribution in [3.05, 3.63) is 92.3 Å². The summed E-state index contributed by atoms with van der Waals surface area (Å²) in [5.41, 5.74) is -0.0291. The molecule has 1 aliphatic heterocycles. The first-order valence-corrected chi connectivity index (χ1v) is 14.5. The van der Waals surface area contributed by atoms with Crippen molar-refractivity contribution in [2.75, 3.05) is 6.54 Å². The predicted octanol–water partition coefficient (Wildman–Crippen LogP) is 5.18. The van der Waals surface area contributed by atoms with Crippen molar-refractivity contribution in [2.45, 2.75) is 43.5 Å². The highest BCUT2D eigenvalue weighted by Gasteiger charge is 2.42. The number of nitrogens with one attached hydrogen (secondary N) is 1. The first-order chi connectivity index (χ1) is 19.9. The summed E-state index contributed by atoms with van der Waals surface area (Å²) in [5.74, 6) is -3.18. The fraction of sp³-hybridized carbons (Fsp3) is 0.259. The predicted molar refractivity (Wildman–Crippen MR) is 145 cm³/mol. The van der Waals surface area contributed by atoms with Gasteiger partial charge in [0.05, 0.1) is 23.3 Å². The number of aryl methyl sites for hydroxylation is 2. The molecular weight excluding hydrogens is 600 g/mol. The molecular formula is C27H21ClF4N6O3S. The lowest BCUT2D eigenvalue weighted by molar-refractivity contribution is -0.116. The Balaban J connectivity index is 1.42. The summed E-state index contributed by atoms with van der Waals surface area (Å²) in [6.07, 6.45) is 4.45. The maximum absolute atomic E-state index is 16.2. The average molecular weight is 621 g/mol. The molecule has 9 nitrogen and oxygen atoms in total. The molecule has 1 amide bonds. The van der Waals surface area contributed by atoms with E-state index in [1.807, 2.05) is 0 Å². The number of hydrogen-bond donors (Lipinski definition) is 1. The highest BCUT2D eigenvalue weighted by Crippen LogP contribution is 2.56. The largest absolute Gasteiger partial charge is 0.333 e. The van der Waals surface area contributed by atoms with E-state index in [0.717, 1.165) is 4.57 Å². The second-order valence-electron chi connectivity index (χ2n) is 10.1. The van der Waals surface area contributed by atoms with Crippen LogP contribution in [0.2, 0.25) is 5.02 Å². The Morgan fingerprint density at radius 1 is 1.12 bits per heavy atom. The lowest BCUT2D eigenvalue weighted by Gasteiger charge is -2.18. The van der Waals surface area contributed by atoms with Crippen LogP contribution in [0.5, 0.6) is 0 Å². The number of halogens is 5. The highest BCUT2D eigenvalue weighted by molar-refractivity contribution is 7.92. The van der Waals surface area contributed by atoms with E-state index < -0.39 is 50.2 Å². The van der Waals surface area contributed by atoms with E-state index in [2.05, 4.69) is 19.2 Å². The molecule has 15 heteroatoms. The van der Waals surface area contributed by atoms with E-state index >= 15 is 8.78 Å². The van der Waals surface area contributed by atoms with Gasteiger partial charge in [-0.3, -0.25) is 19.1 Å². The van der Waals surface area contributed by atoms with Gasteiger partial charge in [0.2, 0.25) is 0 Å². The molecule has 4 aromatic rings. The SMILES string of the molecule is Cc1cnc(-c2cccc(S3(=O)=NC(=O)CN3)c2F)c(F)c1-n1c(C)cc([C@@H]2CC2c2cnn(C(F)F)c2)c(Cl)c1=O. The van der Waals surface area contributed by atoms with E-state index in [-0.39, 0.29) is 40.2 Å². The standard InChI is InChI=1S/C27H21ClF4N6O3S/c1-12-8-33-24(15-4-3-5-19(22(15)29)42(41)35-10-20(39)36-42)23(30)25(12)38-13(2)6-18(21(28)26(38)40)17-7-16(17)14-9-34-37(11-14)27(31)32/h3-6,8-9,11,16-17,27H,7,10H2,1-2H3,(H,35,36,39,41)/t16?,17-,42?/m1/s1. The van der Waals surface area contributed by atoms with Gasteiger partial charge in [0, 0.05) is 23.7 Å². The number of carbonyl (C=O) groups is 1. The molecule has 1 saturated carbocycles. The Labute approximate surface area is 241 Å². The van der Waals surface area contributed by atoms with Crippen molar-refractivity contribution >= 4 is 27.4 Å². The molecule has 0 spiro atoms. The first kappa shape index (κ1) is 28.2. The lowest BCUT2D eigenvalue weighted by atomic mass is 10.0. The van der Waals surface area contributed by atoms with Gasteiger partial charge < -0.3 is 0 Å². The fourth-order valence-corrected chi connectivity index (χ4v) is 7.15. The zero-order valence-corrected chi connectivity index (χ0v) is 23.5. The van der Waals surface area contributed by atoms with Gasteiger partial charge in [-0.2, -0.15) is 13.9 Å². The molecule has 0 saturated heterocycles. The number of pyridine rings is 2. The number of hydrogen-bond acceptors (Lipinski definition) is 5. The van der Waals surface area contributed by atoms with E-state index in [0.29, 0.717) is 27.9 Å². The molecule has 2 aliphatic rings. The van der Waals surface area contributed by atoms with Crippen molar-refractivity contribution in [1.82, 2.24) is 24.1 Å². The maximum Gasteiger partial charge on any atom is 0.333 e. The smallest absolute Gasteiger partial charge is 0.277 e. The molecule has 1 aliphatic carbocycles. The summed E-state index contributed by atoms with van der Waals surface area (Å²) >= 11 is 6.52. The number of carbonyl (C=O) groups excluding carboxylic acids is 1. The van der Waals surface area contributed by atoms with Gasteiger partial charge in [0.25, 0.3) is 11.5 Å². The summed E-state index contributed by atoms with van der Waals surface area (Å²) < 4.78 is 78.3. The number of alkyl halides is 2. The van der Waals surface area contributed by atoms with Crippen molar-refractivity contribution < 1.29 is 26.6 Å². The molecule has 3 atom stereocenters. The molecule has 0 radical (unpaired) electrons. The van der Waals surface area contributed by atoms with Crippen molar-refractivity contribution in [2.24, 2.45) is 4.36 Å². The van der Waals surface area contributed by atoms with Crippen LogP contribution >= 0.6 is 11.6 Å². The first-order valence-electron chi connectivity index (χ1n) is 12.6. The molecule has 2 unspecified atom stereocenters. The van der Waals surface area contributed by atoms with Gasteiger partial charge in [-0.15, -0.1) is 4.36 Å². The summed E-state index contributed by atoms with van der Waals surface area (Å²) in [6.45, 7) is 0.00892. The number of aromatic nitrogens is 4. The van der Waals surface area contributed by atoms with Gasteiger partial charge in [0.1, 0.15) is 20.6 Å². The minimum atomic E-state index is -3.59. The topological polar surface area (TPSA) is 111 Å². The van der Waals surface area contributed by atoms with Gasteiger partial charge >= 0.3 is 6.55 Å². The molecule has 6 rings (SSSR count). The quantitative estimate of drug-likeness (QED) is 0.299. The molecule has 1 N–H and O–H groups in total. The van der Waals surface area contributed by atoms with Crippen LogP contribution in [0.4, 0.5) is 17.6 Å². The second kappa shape index (κ2) is 10.1. The van der Waals surface area contributed by atoms with Crippen LogP contribution in [0.1, 0.15) is 47.2 Å². The zero-order chi connectivity index (χ0) is 30.1. The van der Waals surface area contributed by atoms with E-state index in [1.165, 1.54) is 43.7 Å². The molecule has 42 heavy (non-hydrogen) atoms. The molecule has 4 heterocycles. The average Bonchev–Trinajstić information content (AvgIpc) is 3.41. The summed E-state index contributed by atoms with van der Waals surface area (Å²) in [6, 6.07) is 5.39. The van der Waals surface area contributed by atoms with Crippen LogP contribution in [-0.4, -0.2) is 36.0 Å². The number of nitrogens with zero attached hydrogens (tertiary/aromatic N) is 5. The molecule has 3 aromatic heterocycles. The monoisotopic (exact) mass is 620 g/mol. The summed E-state index contributed by atoms with van der Waals surface area (Å²) in [4.78, 5) is 28.8. The van der Waals surface area contributed by atoms with E-state index in [4.69, 9.17) is 11.6 Å². The zero-order valence-electron chi connectivity index (χ0n) is 21.9. The van der Waals surface area contributed by atoms with Crippen LogP contribution in [0.3, 0.4) is 0 Å². The maximum atomic E-state index is 16.2. The highest BCUT2D eigenvalue weighted by atomic mass is 35.5. The number of benzene rings is 1. The Hall–Kier alpha value is -3.88. The van der Waals surface area contributed by atoms with Crippen LogP contribution in [-0.2, 0) is 14.7 Å². The lowest BCUT2D eigenvalue weighted by Crippen LogP contribution is -2.24. The van der Waals surface area contributed by atoms with Gasteiger partial charge in [-0.05, 0) is 67.0 Å². The normalized spacial score (nSPS) is 21.7. The minimum Gasteiger partial charge on any atom is -0.277 e. The Bertz CT molecular complexity index is 1980. The van der Waals surface area contributed by atoms with E-state index in [1.54, 1.807) is 13.0 Å². The molecule has 1 aromatic carbocycles. The van der Waals surface area contributed by atoms with Gasteiger partial charge in [-0.1, -0.05) is 17.7 Å². The van der Waals surface area contributed by atoms with Crippen LogP contribution in [0, 0.1) is 25.5 Å². The summed E-state index contributed by atoms with van der Waals surface area (Å²) in [7, 11) is -3.59. The van der Waals surface area contributed by atoms with Crippen LogP contribution in [0.15, 0.2) is 56.9 Å². The number of rotatable bonds is 6. The molecule has 0 bridgehead atoms. The second-order valence-corrected chi connectivity index (χ2v) is 12.4. The third-order valence-electron chi connectivity index (χ3n) is 7.37. The number of amides is 1. The molecule has 218 valence electrons. The minimum absolute atomic E-state index is 0.157. The fourth-order valence-electron chi connectivity index (χ4n) is 5.27. The Morgan fingerprint density at radius 3 is 2.55 bits per heavy atom. The van der Waals surface area contributed by atoms with E-state index in [9.17, 15) is 22.6 Å². The Morgan fingerprint density at radius 2 is 1.88 bits per heavy atom. The summed E-state index contributed by atoms with van der Waals surface area (Å²) in [5, 5.41) is 3.51. The third-order valence-corrected chi connectivity index (χ3v) is 9.65. The van der Waals surface area contributed by atoms with Gasteiger partial charge in [0.15, 0.2) is 11.6 Å². The van der Waals surface area contributed by atoms with Crippen LogP contribution < -0.4 is 10.3 Å². The Kier molecular flexibility index (Phi) is 6.82. The van der Waals surface area contributed by atoms with Gasteiger partial charge in [-0.25, -0.2) is 22.4 Å². The van der Waals surface area contributed by atoms with Crippen LogP contribution in [0.25, 0.3) is 16.9 Å². The third kappa shape index (κ3) is 4.53. The van der Waals surface area contributed by atoms with Crippen molar-refractivity contribution in [1.29, 1.82) is 0 Å². The van der Waals surface area contributed by atoms with Crippen molar-refractivity contribution in [3.63, 3.8) is 0 Å². The molecule has 1 fully saturated rings. The van der Waals surface area contributed by atoms with Crippen molar-refractivity contribution in [3.8, 4) is 16.9 Å².